The second kappa shape index (κ2) is 8.46. The third kappa shape index (κ3) is 4.59. The van der Waals surface area contributed by atoms with Crippen LogP contribution in [-0.4, -0.2) is 41.6 Å². The van der Waals surface area contributed by atoms with E-state index in [4.69, 9.17) is 4.52 Å². The Morgan fingerprint density at radius 2 is 2.23 bits per heavy atom. The second-order valence-corrected chi connectivity index (χ2v) is 6.17. The third-order valence-electron chi connectivity index (χ3n) is 4.12. The first-order valence-corrected chi connectivity index (χ1v) is 8.86. The molecule has 0 bridgehead atoms. The van der Waals surface area contributed by atoms with Gasteiger partial charge in [-0.2, -0.15) is 4.98 Å². The molecule has 1 amide bonds. The molecule has 1 aromatic heterocycles. The van der Waals surface area contributed by atoms with Crippen molar-refractivity contribution in [2.24, 2.45) is 4.99 Å². The minimum atomic E-state index is 0.0358. The van der Waals surface area contributed by atoms with E-state index in [9.17, 15) is 4.79 Å². The Morgan fingerprint density at radius 3 is 3.00 bits per heavy atom. The van der Waals surface area contributed by atoms with E-state index in [-0.39, 0.29) is 11.8 Å². The maximum absolute atomic E-state index is 11.9. The minimum absolute atomic E-state index is 0.0358. The summed E-state index contributed by atoms with van der Waals surface area (Å²) in [6.45, 7) is 5.74. The van der Waals surface area contributed by atoms with E-state index < -0.39 is 0 Å². The van der Waals surface area contributed by atoms with Crippen molar-refractivity contribution in [3.63, 3.8) is 0 Å². The lowest BCUT2D eigenvalue weighted by Crippen LogP contribution is -2.39. The van der Waals surface area contributed by atoms with E-state index in [1.807, 2.05) is 31.2 Å². The summed E-state index contributed by atoms with van der Waals surface area (Å²) in [5.41, 5.74) is 2.02. The van der Waals surface area contributed by atoms with Crippen LogP contribution in [0.1, 0.15) is 36.5 Å². The monoisotopic (exact) mass is 356 g/mol. The zero-order valence-corrected chi connectivity index (χ0v) is 15.1. The van der Waals surface area contributed by atoms with Gasteiger partial charge in [0.05, 0.1) is 6.54 Å². The number of nitrogens with one attached hydrogen (secondary N) is 3. The summed E-state index contributed by atoms with van der Waals surface area (Å²) < 4.78 is 5.11. The summed E-state index contributed by atoms with van der Waals surface area (Å²) in [6, 6.07) is 7.89. The summed E-state index contributed by atoms with van der Waals surface area (Å²) in [4.78, 5) is 20.8. The van der Waals surface area contributed by atoms with Gasteiger partial charge in [-0.15, -0.1) is 0 Å². The molecule has 1 aliphatic heterocycles. The van der Waals surface area contributed by atoms with Crippen LogP contribution >= 0.6 is 0 Å². The summed E-state index contributed by atoms with van der Waals surface area (Å²) in [5.74, 6) is 2.06. The number of rotatable bonds is 6. The van der Waals surface area contributed by atoms with Crippen LogP contribution in [0.25, 0.3) is 0 Å². The molecule has 0 saturated heterocycles. The Kier molecular flexibility index (Phi) is 5.83. The summed E-state index contributed by atoms with van der Waals surface area (Å²) >= 11 is 0. The number of para-hydroxylation sites is 1. The number of guanidine groups is 1. The predicted molar refractivity (Wildman–Crippen MR) is 99.2 cm³/mol. The van der Waals surface area contributed by atoms with Gasteiger partial charge >= 0.3 is 0 Å². The molecule has 1 atom stereocenters. The lowest BCUT2D eigenvalue weighted by atomic mass is 9.91. The number of fused-ring (bicyclic) bond motifs is 1. The van der Waals surface area contributed by atoms with Crippen molar-refractivity contribution < 1.29 is 9.32 Å². The molecule has 8 heteroatoms. The number of aryl methyl sites for hydroxylation is 1. The van der Waals surface area contributed by atoms with E-state index >= 15 is 0 Å². The standard InChI is InChI=1S/C18H24N6O2/c1-3-19-18(20-9-8-17-22-12(2)24-26-17)21-11-13-10-16(25)23-15-7-5-4-6-14(13)15/h4-7,13H,3,8-11H2,1-2H3,(H,23,25)(H2,19,20,21). The molecule has 0 aliphatic carbocycles. The van der Waals surface area contributed by atoms with Gasteiger partial charge < -0.3 is 20.5 Å². The first-order chi connectivity index (χ1) is 12.7. The van der Waals surface area contributed by atoms with Gasteiger partial charge in [-0.25, -0.2) is 0 Å². The van der Waals surface area contributed by atoms with E-state index in [0.717, 1.165) is 17.8 Å². The Hall–Kier alpha value is -2.90. The number of aliphatic imine (C=N–C) groups is 1. The van der Waals surface area contributed by atoms with Gasteiger partial charge in [-0.3, -0.25) is 9.79 Å². The van der Waals surface area contributed by atoms with Gasteiger partial charge in [0.15, 0.2) is 11.8 Å². The molecule has 0 radical (unpaired) electrons. The summed E-state index contributed by atoms with van der Waals surface area (Å²) in [6.07, 6.45) is 1.07. The SMILES string of the molecule is CCNC(=NCC1CC(=O)Nc2ccccc21)NCCc1nc(C)no1. The molecular formula is C18H24N6O2. The molecule has 1 aromatic carbocycles. The fraction of sp³-hybridized carbons (Fsp3) is 0.444. The van der Waals surface area contributed by atoms with Crippen molar-refractivity contribution in [3.8, 4) is 0 Å². The molecule has 3 rings (SSSR count). The third-order valence-corrected chi connectivity index (χ3v) is 4.12. The zero-order chi connectivity index (χ0) is 18.4. The fourth-order valence-corrected chi connectivity index (χ4v) is 2.94. The average molecular weight is 356 g/mol. The highest BCUT2D eigenvalue weighted by molar-refractivity contribution is 5.94. The van der Waals surface area contributed by atoms with E-state index in [2.05, 4.69) is 31.1 Å². The molecule has 0 spiro atoms. The Morgan fingerprint density at radius 1 is 1.38 bits per heavy atom. The quantitative estimate of drug-likeness (QED) is 0.536. The van der Waals surface area contributed by atoms with Gasteiger partial charge in [-0.1, -0.05) is 23.4 Å². The highest BCUT2D eigenvalue weighted by Gasteiger charge is 2.24. The number of benzene rings is 1. The number of hydrogen-bond acceptors (Lipinski definition) is 5. The van der Waals surface area contributed by atoms with Crippen molar-refractivity contribution in [2.75, 3.05) is 25.0 Å². The number of amides is 1. The second-order valence-electron chi connectivity index (χ2n) is 6.17. The van der Waals surface area contributed by atoms with Crippen LogP contribution in [0, 0.1) is 6.92 Å². The zero-order valence-electron chi connectivity index (χ0n) is 15.1. The average Bonchev–Trinajstić information content (AvgIpc) is 3.04. The highest BCUT2D eigenvalue weighted by atomic mass is 16.5. The molecule has 138 valence electrons. The van der Waals surface area contributed by atoms with Crippen LogP contribution < -0.4 is 16.0 Å². The van der Waals surface area contributed by atoms with Gasteiger partial charge in [0, 0.05) is 37.5 Å². The molecule has 0 fully saturated rings. The maximum Gasteiger partial charge on any atom is 0.228 e. The number of carbonyl (C=O) groups is 1. The first-order valence-electron chi connectivity index (χ1n) is 8.86. The van der Waals surface area contributed by atoms with Crippen molar-refractivity contribution >= 4 is 17.6 Å². The first kappa shape index (κ1) is 17.9. The molecule has 1 unspecified atom stereocenters. The van der Waals surface area contributed by atoms with Crippen LogP contribution in [0.3, 0.4) is 0 Å². The normalized spacial score (nSPS) is 16.8. The predicted octanol–water partition coefficient (Wildman–Crippen LogP) is 1.60. The van der Waals surface area contributed by atoms with Gasteiger partial charge in [0.2, 0.25) is 11.8 Å². The Balaban J connectivity index is 1.61. The molecule has 1 aliphatic rings. The Bertz CT molecular complexity index is 785. The topological polar surface area (TPSA) is 104 Å². The molecule has 8 nitrogen and oxygen atoms in total. The van der Waals surface area contributed by atoms with Crippen molar-refractivity contribution in [3.05, 3.63) is 41.5 Å². The molecule has 2 aromatic rings. The molecular weight excluding hydrogens is 332 g/mol. The van der Waals surface area contributed by atoms with Crippen LogP contribution in [0.2, 0.25) is 0 Å². The molecule has 0 saturated carbocycles. The summed E-state index contributed by atoms with van der Waals surface area (Å²) in [7, 11) is 0. The lowest BCUT2D eigenvalue weighted by molar-refractivity contribution is -0.116. The smallest absolute Gasteiger partial charge is 0.228 e. The van der Waals surface area contributed by atoms with Crippen LogP contribution in [-0.2, 0) is 11.2 Å². The number of hydrogen-bond donors (Lipinski definition) is 3. The molecule has 3 N–H and O–H groups in total. The van der Waals surface area contributed by atoms with Gasteiger partial charge in [0.1, 0.15) is 0 Å². The van der Waals surface area contributed by atoms with Crippen LogP contribution in [0.4, 0.5) is 5.69 Å². The van der Waals surface area contributed by atoms with Crippen LogP contribution in [0.5, 0.6) is 0 Å². The van der Waals surface area contributed by atoms with Gasteiger partial charge in [-0.05, 0) is 25.5 Å². The number of carbonyl (C=O) groups excluding carboxylic acids is 1. The molecule has 2 heterocycles. The maximum atomic E-state index is 11.9. The molecule has 26 heavy (non-hydrogen) atoms. The number of anilines is 1. The largest absolute Gasteiger partial charge is 0.357 e. The van der Waals surface area contributed by atoms with E-state index in [1.54, 1.807) is 6.92 Å². The summed E-state index contributed by atoms with van der Waals surface area (Å²) in [5, 5.41) is 13.2. The minimum Gasteiger partial charge on any atom is -0.357 e. The van der Waals surface area contributed by atoms with E-state index in [1.165, 1.54) is 0 Å². The Labute approximate surface area is 152 Å². The van der Waals surface area contributed by atoms with Gasteiger partial charge in [0.25, 0.3) is 0 Å². The lowest BCUT2D eigenvalue weighted by Gasteiger charge is -2.24. The van der Waals surface area contributed by atoms with Crippen molar-refractivity contribution in [1.29, 1.82) is 0 Å². The number of aromatic nitrogens is 2. The fourth-order valence-electron chi connectivity index (χ4n) is 2.94. The van der Waals surface area contributed by atoms with Crippen molar-refractivity contribution in [1.82, 2.24) is 20.8 Å². The number of nitrogens with zero attached hydrogens (tertiary/aromatic N) is 3. The van der Waals surface area contributed by atoms with Crippen molar-refractivity contribution in [2.45, 2.75) is 32.6 Å². The highest BCUT2D eigenvalue weighted by Crippen LogP contribution is 2.31. The van der Waals surface area contributed by atoms with E-state index in [0.29, 0.717) is 43.6 Å². The van der Waals surface area contributed by atoms with Crippen LogP contribution in [0.15, 0.2) is 33.8 Å².